The van der Waals surface area contributed by atoms with E-state index in [-0.39, 0.29) is 11.8 Å². The lowest BCUT2D eigenvalue weighted by Crippen LogP contribution is -2.20. The first-order valence-corrected chi connectivity index (χ1v) is 5.41. The first-order valence-electron chi connectivity index (χ1n) is 5.41. The minimum absolute atomic E-state index is 0.0838. The Bertz CT molecular complexity index is 516. The zero-order valence-corrected chi connectivity index (χ0v) is 9.81. The van der Waals surface area contributed by atoms with Crippen LogP contribution in [0.4, 0.5) is 0 Å². The molecule has 1 aromatic heterocycles. The van der Waals surface area contributed by atoms with Crippen LogP contribution in [0.5, 0.6) is 5.75 Å². The number of aromatic nitrogens is 2. The topological polar surface area (TPSA) is 64.1 Å². The van der Waals surface area contributed by atoms with E-state index in [0.717, 1.165) is 16.9 Å². The van der Waals surface area contributed by atoms with Gasteiger partial charge in [-0.25, -0.2) is 4.98 Å². The molecule has 0 saturated heterocycles. The Balaban J connectivity index is 2.60. The fraction of sp³-hybridized carbons (Fsp3) is 0.417. The molecule has 3 N–H and O–H groups in total. The Morgan fingerprint density at radius 2 is 2.06 bits per heavy atom. The van der Waals surface area contributed by atoms with Gasteiger partial charge in [0.25, 0.3) is 0 Å². The number of aromatic hydroxyl groups is 1. The van der Waals surface area contributed by atoms with Crippen molar-refractivity contribution < 1.29 is 5.11 Å². The van der Waals surface area contributed by atoms with E-state index in [9.17, 15) is 5.11 Å². The van der Waals surface area contributed by atoms with Crippen molar-refractivity contribution in [2.75, 3.05) is 0 Å². The van der Waals surface area contributed by atoms with Gasteiger partial charge in [-0.3, -0.25) is 0 Å². The van der Waals surface area contributed by atoms with Crippen LogP contribution in [0.15, 0.2) is 18.2 Å². The first kappa shape index (κ1) is 11.0. The number of fused-ring (bicyclic) bond motifs is 1. The van der Waals surface area contributed by atoms with Crippen LogP contribution in [-0.4, -0.2) is 14.7 Å². The van der Waals surface area contributed by atoms with Gasteiger partial charge in [-0.2, -0.15) is 0 Å². The van der Waals surface area contributed by atoms with E-state index in [1.807, 2.05) is 11.6 Å². The van der Waals surface area contributed by atoms with E-state index in [0.29, 0.717) is 5.92 Å². The van der Waals surface area contributed by atoms with Crippen LogP contribution in [-0.2, 0) is 7.05 Å². The zero-order chi connectivity index (χ0) is 11.9. The molecule has 0 saturated carbocycles. The molecule has 2 aromatic rings. The van der Waals surface area contributed by atoms with E-state index in [2.05, 4.69) is 18.8 Å². The monoisotopic (exact) mass is 219 g/mol. The maximum absolute atomic E-state index is 9.44. The van der Waals surface area contributed by atoms with Crippen molar-refractivity contribution in [1.29, 1.82) is 0 Å². The summed E-state index contributed by atoms with van der Waals surface area (Å²) in [7, 11) is 1.92. The SMILES string of the molecule is CC(C)[C@H](N)c1nc2ccc(O)cc2n1C. The van der Waals surface area contributed by atoms with Crippen LogP contribution in [0.1, 0.15) is 25.7 Å². The largest absolute Gasteiger partial charge is 0.508 e. The molecule has 0 aliphatic rings. The molecule has 86 valence electrons. The van der Waals surface area contributed by atoms with E-state index in [4.69, 9.17) is 5.73 Å². The van der Waals surface area contributed by atoms with Crippen LogP contribution in [0.2, 0.25) is 0 Å². The molecule has 0 fully saturated rings. The van der Waals surface area contributed by atoms with Gasteiger partial charge >= 0.3 is 0 Å². The van der Waals surface area contributed by atoms with E-state index in [1.165, 1.54) is 0 Å². The molecule has 0 bridgehead atoms. The number of nitrogens with two attached hydrogens (primary N) is 1. The second kappa shape index (κ2) is 3.79. The lowest BCUT2D eigenvalue weighted by Gasteiger charge is -2.14. The summed E-state index contributed by atoms with van der Waals surface area (Å²) in [5, 5.41) is 9.44. The van der Waals surface area contributed by atoms with Gasteiger partial charge in [-0.1, -0.05) is 13.8 Å². The fourth-order valence-corrected chi connectivity index (χ4v) is 1.79. The van der Waals surface area contributed by atoms with E-state index < -0.39 is 0 Å². The fourth-order valence-electron chi connectivity index (χ4n) is 1.79. The quantitative estimate of drug-likeness (QED) is 0.811. The zero-order valence-electron chi connectivity index (χ0n) is 9.81. The van der Waals surface area contributed by atoms with Gasteiger partial charge in [0.15, 0.2) is 0 Å². The van der Waals surface area contributed by atoms with Crippen molar-refractivity contribution in [1.82, 2.24) is 9.55 Å². The van der Waals surface area contributed by atoms with Gasteiger partial charge in [-0.05, 0) is 18.1 Å². The molecule has 1 heterocycles. The van der Waals surface area contributed by atoms with Crippen LogP contribution < -0.4 is 5.73 Å². The van der Waals surface area contributed by atoms with Crippen LogP contribution >= 0.6 is 0 Å². The number of phenols is 1. The molecule has 2 rings (SSSR count). The molecule has 1 aromatic carbocycles. The standard InChI is InChI=1S/C12H17N3O/c1-7(2)11(13)12-14-9-5-4-8(16)6-10(9)15(12)3/h4-7,11,16H,13H2,1-3H3/t11-/m0/s1. The number of rotatable bonds is 2. The lowest BCUT2D eigenvalue weighted by molar-refractivity contribution is 0.474. The summed E-state index contributed by atoms with van der Waals surface area (Å²) < 4.78 is 1.94. The average Bonchev–Trinajstić information content (AvgIpc) is 2.55. The molecule has 0 amide bonds. The normalized spacial score (nSPS) is 13.6. The Labute approximate surface area is 94.7 Å². The minimum Gasteiger partial charge on any atom is -0.508 e. The Morgan fingerprint density at radius 3 is 2.69 bits per heavy atom. The molecule has 0 spiro atoms. The smallest absolute Gasteiger partial charge is 0.126 e. The molecular weight excluding hydrogens is 202 g/mol. The highest BCUT2D eigenvalue weighted by atomic mass is 16.3. The summed E-state index contributed by atoms with van der Waals surface area (Å²) in [4.78, 5) is 4.50. The number of hydrogen-bond acceptors (Lipinski definition) is 3. The van der Waals surface area contributed by atoms with Crippen LogP contribution in [0.3, 0.4) is 0 Å². The maximum atomic E-state index is 9.44. The third-order valence-corrected chi connectivity index (χ3v) is 2.92. The molecule has 0 unspecified atom stereocenters. The second-order valence-electron chi connectivity index (χ2n) is 4.47. The van der Waals surface area contributed by atoms with E-state index in [1.54, 1.807) is 18.2 Å². The Kier molecular flexibility index (Phi) is 2.59. The Morgan fingerprint density at radius 1 is 1.38 bits per heavy atom. The predicted octanol–water partition coefficient (Wildman–Crippen LogP) is 1.93. The number of aryl methyl sites for hydroxylation is 1. The predicted molar refractivity (Wildman–Crippen MR) is 64.1 cm³/mol. The number of benzene rings is 1. The first-order chi connectivity index (χ1) is 7.50. The number of imidazole rings is 1. The molecule has 1 atom stereocenters. The highest BCUT2D eigenvalue weighted by Gasteiger charge is 2.17. The van der Waals surface area contributed by atoms with Gasteiger partial charge in [-0.15, -0.1) is 0 Å². The van der Waals surface area contributed by atoms with Gasteiger partial charge < -0.3 is 15.4 Å². The van der Waals surface area contributed by atoms with Gasteiger partial charge in [0.1, 0.15) is 11.6 Å². The third-order valence-electron chi connectivity index (χ3n) is 2.92. The molecule has 0 radical (unpaired) electrons. The van der Waals surface area contributed by atoms with Crippen molar-refractivity contribution in [3.63, 3.8) is 0 Å². The summed E-state index contributed by atoms with van der Waals surface area (Å²) >= 11 is 0. The van der Waals surface area contributed by atoms with Crippen LogP contribution in [0, 0.1) is 5.92 Å². The van der Waals surface area contributed by atoms with Gasteiger partial charge in [0.05, 0.1) is 17.1 Å². The van der Waals surface area contributed by atoms with Crippen molar-refractivity contribution in [3.05, 3.63) is 24.0 Å². The molecule has 4 nitrogen and oxygen atoms in total. The average molecular weight is 219 g/mol. The summed E-state index contributed by atoms with van der Waals surface area (Å²) in [6.45, 7) is 4.14. The highest BCUT2D eigenvalue weighted by molar-refractivity contribution is 5.77. The number of nitrogens with zero attached hydrogens (tertiary/aromatic N) is 2. The van der Waals surface area contributed by atoms with E-state index >= 15 is 0 Å². The van der Waals surface area contributed by atoms with Crippen molar-refractivity contribution in [3.8, 4) is 5.75 Å². The van der Waals surface area contributed by atoms with Gasteiger partial charge in [0, 0.05) is 13.1 Å². The number of phenolic OH excluding ortho intramolecular Hbond substituents is 1. The summed E-state index contributed by atoms with van der Waals surface area (Å²) in [6.07, 6.45) is 0. The Hall–Kier alpha value is -1.55. The highest BCUT2D eigenvalue weighted by Crippen LogP contribution is 2.25. The van der Waals surface area contributed by atoms with Crippen molar-refractivity contribution in [2.45, 2.75) is 19.9 Å². The number of hydrogen-bond donors (Lipinski definition) is 2. The second-order valence-corrected chi connectivity index (χ2v) is 4.47. The van der Waals surface area contributed by atoms with Crippen molar-refractivity contribution >= 4 is 11.0 Å². The van der Waals surface area contributed by atoms with Crippen molar-refractivity contribution in [2.24, 2.45) is 18.7 Å². The third kappa shape index (κ3) is 1.65. The molecule has 4 heteroatoms. The summed E-state index contributed by atoms with van der Waals surface area (Å²) in [5.74, 6) is 1.44. The maximum Gasteiger partial charge on any atom is 0.126 e. The van der Waals surface area contributed by atoms with Gasteiger partial charge in [0.2, 0.25) is 0 Å². The molecule has 0 aliphatic carbocycles. The molecular formula is C12H17N3O. The molecule has 16 heavy (non-hydrogen) atoms. The van der Waals surface area contributed by atoms with Crippen LogP contribution in [0.25, 0.3) is 11.0 Å². The minimum atomic E-state index is -0.0838. The lowest BCUT2D eigenvalue weighted by atomic mass is 10.1. The molecule has 0 aliphatic heterocycles. The summed E-state index contributed by atoms with van der Waals surface area (Å²) in [5.41, 5.74) is 7.87. The summed E-state index contributed by atoms with van der Waals surface area (Å²) in [6, 6.07) is 5.07.